The third-order valence-corrected chi connectivity index (χ3v) is 7.05. The second-order valence-corrected chi connectivity index (χ2v) is 8.94. The van der Waals surface area contributed by atoms with Crippen LogP contribution in [0.1, 0.15) is 48.7 Å². The normalized spacial score (nSPS) is 23.6. The number of fused-ring (bicyclic) bond motifs is 3. The van der Waals surface area contributed by atoms with Gasteiger partial charge in [-0.3, -0.25) is 9.59 Å². The molecule has 5 rings (SSSR count). The highest BCUT2D eigenvalue weighted by Crippen LogP contribution is 2.49. The summed E-state index contributed by atoms with van der Waals surface area (Å²) in [4.78, 5) is 26.3. The maximum absolute atomic E-state index is 13.3. The van der Waals surface area contributed by atoms with Gasteiger partial charge in [0.2, 0.25) is 0 Å². The van der Waals surface area contributed by atoms with E-state index in [1.54, 1.807) is 6.07 Å². The third-order valence-electron chi connectivity index (χ3n) is 7.05. The molecule has 2 saturated carbocycles. The van der Waals surface area contributed by atoms with Crippen LogP contribution in [-0.2, 0) is 6.54 Å². The molecule has 1 N–H and O–H groups in total. The van der Waals surface area contributed by atoms with Gasteiger partial charge in [-0.2, -0.15) is 5.10 Å². The lowest BCUT2D eigenvalue weighted by Crippen LogP contribution is -2.41. The summed E-state index contributed by atoms with van der Waals surface area (Å²) in [5.74, 6) is 1.94. The highest BCUT2D eigenvalue weighted by molar-refractivity contribution is 6.04. The molecule has 2 fully saturated rings. The topological polar surface area (TPSA) is 64.0 Å². The molecule has 0 spiro atoms. The van der Waals surface area contributed by atoms with Crippen molar-refractivity contribution in [1.82, 2.24) is 15.1 Å². The van der Waals surface area contributed by atoms with Crippen LogP contribution in [0.25, 0.3) is 10.8 Å². The molecule has 3 aromatic rings. The molecule has 2 bridgehead atoms. The first kappa shape index (κ1) is 19.0. The number of carbonyl (C=O) groups is 1. The summed E-state index contributed by atoms with van der Waals surface area (Å²) in [5, 5.41) is 8.87. The van der Waals surface area contributed by atoms with Crippen molar-refractivity contribution in [3.05, 3.63) is 76.2 Å². The zero-order valence-electron chi connectivity index (χ0n) is 17.3. The first-order valence-electron chi connectivity index (χ1n) is 10.9. The molecular weight excluding hydrogens is 374 g/mol. The molecule has 1 aromatic heterocycles. The first-order valence-corrected chi connectivity index (χ1v) is 10.9. The van der Waals surface area contributed by atoms with Crippen molar-refractivity contribution in [2.24, 2.45) is 17.8 Å². The van der Waals surface area contributed by atoms with Crippen LogP contribution in [-0.4, -0.2) is 21.7 Å². The van der Waals surface area contributed by atoms with Crippen molar-refractivity contribution < 1.29 is 4.79 Å². The zero-order valence-corrected chi connectivity index (χ0v) is 17.3. The van der Waals surface area contributed by atoms with E-state index in [1.165, 1.54) is 30.4 Å². The van der Waals surface area contributed by atoms with Crippen LogP contribution in [0.3, 0.4) is 0 Å². The Morgan fingerprint density at radius 2 is 1.80 bits per heavy atom. The number of hydrogen-bond acceptors (Lipinski definition) is 3. The molecule has 1 amide bonds. The Labute approximate surface area is 176 Å². The minimum Gasteiger partial charge on any atom is -0.348 e. The molecule has 4 atom stereocenters. The Hall–Kier alpha value is -2.95. The fraction of sp³-hybridized carbons (Fsp3) is 0.400. The van der Waals surface area contributed by atoms with Gasteiger partial charge in [-0.25, -0.2) is 4.68 Å². The molecule has 0 saturated heterocycles. The lowest BCUT2D eigenvalue weighted by molar-refractivity contribution is 0.0909. The highest BCUT2D eigenvalue weighted by atomic mass is 16.2. The fourth-order valence-corrected chi connectivity index (χ4v) is 5.55. The van der Waals surface area contributed by atoms with E-state index in [9.17, 15) is 9.59 Å². The van der Waals surface area contributed by atoms with Gasteiger partial charge in [0, 0.05) is 11.4 Å². The molecule has 0 radical (unpaired) electrons. The van der Waals surface area contributed by atoms with Gasteiger partial charge >= 0.3 is 0 Å². The van der Waals surface area contributed by atoms with Crippen molar-refractivity contribution in [1.29, 1.82) is 0 Å². The van der Waals surface area contributed by atoms with E-state index in [2.05, 4.69) is 17.3 Å². The van der Waals surface area contributed by atoms with E-state index in [0.717, 1.165) is 17.4 Å². The fourth-order valence-electron chi connectivity index (χ4n) is 5.55. The lowest BCUT2D eigenvalue weighted by atomic mass is 9.84. The number of aromatic nitrogens is 2. The maximum atomic E-state index is 13.3. The smallest absolute Gasteiger partial charge is 0.274 e. The SMILES string of the molecule is C[C@@H](NC(=O)c1nn(Cc2ccccc2)c(=O)c2ccccc12)[C@@H]1C[C@H]2CC[C@H]1C2. The Bertz CT molecular complexity index is 1140. The predicted molar refractivity (Wildman–Crippen MR) is 117 cm³/mol. The maximum Gasteiger partial charge on any atom is 0.274 e. The Balaban J connectivity index is 1.47. The second kappa shape index (κ2) is 7.71. The second-order valence-electron chi connectivity index (χ2n) is 8.94. The molecule has 30 heavy (non-hydrogen) atoms. The van der Waals surface area contributed by atoms with Gasteiger partial charge < -0.3 is 5.32 Å². The minimum absolute atomic E-state index is 0.114. The molecule has 1 heterocycles. The molecule has 2 aromatic carbocycles. The van der Waals surface area contributed by atoms with Crippen molar-refractivity contribution >= 4 is 16.7 Å². The highest BCUT2D eigenvalue weighted by Gasteiger charge is 2.42. The minimum atomic E-state index is -0.191. The number of carbonyl (C=O) groups excluding carboxylic acids is 1. The summed E-state index contributed by atoms with van der Waals surface area (Å²) < 4.78 is 1.41. The van der Waals surface area contributed by atoms with Crippen LogP contribution in [0.15, 0.2) is 59.4 Å². The molecule has 0 aliphatic heterocycles. The number of nitrogens with zero attached hydrogens (tertiary/aromatic N) is 2. The van der Waals surface area contributed by atoms with Gasteiger partial charge in [0.05, 0.1) is 11.9 Å². The van der Waals surface area contributed by atoms with Gasteiger partial charge in [-0.15, -0.1) is 0 Å². The zero-order chi connectivity index (χ0) is 20.7. The van der Waals surface area contributed by atoms with Crippen molar-refractivity contribution in [2.75, 3.05) is 0 Å². The monoisotopic (exact) mass is 401 g/mol. The summed E-state index contributed by atoms with van der Waals surface area (Å²) >= 11 is 0. The summed E-state index contributed by atoms with van der Waals surface area (Å²) in [6, 6.07) is 17.1. The quantitative estimate of drug-likeness (QED) is 0.703. The van der Waals surface area contributed by atoms with Gasteiger partial charge in [0.25, 0.3) is 11.5 Å². The molecule has 0 unspecified atom stereocenters. The Morgan fingerprint density at radius 1 is 1.07 bits per heavy atom. The van der Waals surface area contributed by atoms with Crippen LogP contribution >= 0.6 is 0 Å². The number of hydrogen-bond donors (Lipinski definition) is 1. The predicted octanol–water partition coefficient (Wildman–Crippen LogP) is 4.00. The average molecular weight is 402 g/mol. The van der Waals surface area contributed by atoms with Gasteiger partial charge in [-0.05, 0) is 55.6 Å². The van der Waals surface area contributed by atoms with Crippen molar-refractivity contribution in [3.63, 3.8) is 0 Å². The van der Waals surface area contributed by atoms with Gasteiger partial charge in [0.15, 0.2) is 5.69 Å². The number of amides is 1. The summed E-state index contributed by atoms with van der Waals surface area (Å²) in [7, 11) is 0. The first-order chi connectivity index (χ1) is 14.6. The van der Waals surface area contributed by atoms with E-state index >= 15 is 0 Å². The summed E-state index contributed by atoms with van der Waals surface area (Å²) in [6.07, 6.45) is 5.17. The van der Waals surface area contributed by atoms with Gasteiger partial charge in [-0.1, -0.05) is 55.0 Å². The average Bonchev–Trinajstić information content (AvgIpc) is 3.40. The van der Waals surface area contributed by atoms with Crippen LogP contribution < -0.4 is 10.9 Å². The van der Waals surface area contributed by atoms with Crippen LogP contribution in [0.5, 0.6) is 0 Å². The molecule has 2 aliphatic rings. The van der Waals surface area contributed by atoms with Crippen molar-refractivity contribution in [2.45, 2.75) is 45.2 Å². The third kappa shape index (κ3) is 3.42. The van der Waals surface area contributed by atoms with Crippen molar-refractivity contribution in [3.8, 4) is 0 Å². The lowest BCUT2D eigenvalue weighted by Gasteiger charge is -2.28. The van der Waals surface area contributed by atoms with E-state index in [4.69, 9.17) is 0 Å². The van der Waals surface area contributed by atoms with Crippen LogP contribution in [0.2, 0.25) is 0 Å². The molecule has 2 aliphatic carbocycles. The molecule has 154 valence electrons. The van der Waals surface area contributed by atoms with E-state index < -0.39 is 0 Å². The Morgan fingerprint density at radius 3 is 2.50 bits per heavy atom. The summed E-state index contributed by atoms with van der Waals surface area (Å²) in [6.45, 7) is 2.46. The number of rotatable bonds is 5. The van der Waals surface area contributed by atoms with Gasteiger partial charge in [0.1, 0.15) is 0 Å². The number of benzene rings is 2. The summed E-state index contributed by atoms with van der Waals surface area (Å²) in [5.41, 5.74) is 1.13. The van der Waals surface area contributed by atoms with E-state index in [1.807, 2.05) is 48.5 Å². The molecule has 5 nitrogen and oxygen atoms in total. The van der Waals surface area contributed by atoms with E-state index in [0.29, 0.717) is 28.9 Å². The molecular formula is C25H27N3O2. The van der Waals surface area contributed by atoms with E-state index in [-0.39, 0.29) is 17.5 Å². The largest absolute Gasteiger partial charge is 0.348 e. The standard InChI is InChI=1S/C25H27N3O2/c1-16(22-14-18-11-12-19(22)13-18)26-24(29)23-20-9-5-6-10-21(20)25(30)28(27-23)15-17-7-3-2-4-8-17/h2-10,16,18-19,22H,11-15H2,1H3,(H,26,29)/t16-,18+,19+,22+/m1/s1. The van der Waals surface area contributed by atoms with Crippen LogP contribution in [0.4, 0.5) is 0 Å². The van der Waals surface area contributed by atoms with Crippen LogP contribution in [0, 0.1) is 17.8 Å². The molecule has 5 heteroatoms. The number of nitrogens with one attached hydrogen (secondary N) is 1. The Kier molecular flexibility index (Phi) is 4.89.